The summed E-state index contributed by atoms with van der Waals surface area (Å²) in [6.07, 6.45) is 3.32. The highest BCUT2D eigenvalue weighted by Crippen LogP contribution is 2.06. The number of benzene rings is 1. The highest BCUT2D eigenvalue weighted by atomic mass is 16.2. The molecule has 2 aromatic rings. The van der Waals surface area contributed by atoms with Crippen LogP contribution in [0.25, 0.3) is 10.9 Å². The lowest BCUT2D eigenvalue weighted by Gasteiger charge is -2.23. The quantitative estimate of drug-likeness (QED) is 0.640. The van der Waals surface area contributed by atoms with Gasteiger partial charge in [-0.25, -0.2) is 0 Å². The van der Waals surface area contributed by atoms with Crippen LogP contribution in [0.1, 0.15) is 23.2 Å². The summed E-state index contributed by atoms with van der Waals surface area (Å²) in [6.45, 7) is 1.56. The average Bonchev–Trinajstić information content (AvgIpc) is 2.61. The van der Waals surface area contributed by atoms with Crippen LogP contribution in [0.2, 0.25) is 0 Å². The van der Waals surface area contributed by atoms with Gasteiger partial charge in [-0.2, -0.15) is 0 Å². The lowest BCUT2D eigenvalue weighted by Crippen LogP contribution is -2.48. The van der Waals surface area contributed by atoms with Crippen LogP contribution >= 0.6 is 0 Å². The van der Waals surface area contributed by atoms with Crippen LogP contribution in [0, 0.1) is 0 Å². The fraction of sp³-hybridized carbons (Fsp3) is 0.353. The summed E-state index contributed by atoms with van der Waals surface area (Å²) in [7, 11) is 0. The van der Waals surface area contributed by atoms with Gasteiger partial charge in [-0.1, -0.05) is 12.1 Å². The highest BCUT2D eigenvalue weighted by Gasteiger charge is 2.17. The topological polar surface area (TPSA) is 103 Å². The second-order valence-corrected chi connectivity index (χ2v) is 5.87. The Kier molecular flexibility index (Phi) is 4.90. The number of hydrogen-bond donors (Lipinski definition) is 4. The van der Waals surface area contributed by atoms with Gasteiger partial charge in [-0.05, 0) is 31.5 Å². The Bertz CT molecular complexity index is 809. The summed E-state index contributed by atoms with van der Waals surface area (Å²) in [6, 6.07) is 7.07. The number of amides is 2. The molecule has 2 amide bonds. The molecule has 0 aliphatic carbocycles. The third-order valence-electron chi connectivity index (χ3n) is 4.10. The minimum atomic E-state index is -0.557. The van der Waals surface area contributed by atoms with Crippen LogP contribution < -0.4 is 21.4 Å². The summed E-state index contributed by atoms with van der Waals surface area (Å²) < 4.78 is 0. The molecular formula is C17H20N4O3. The predicted octanol–water partition coefficient (Wildman–Crippen LogP) is 0.126. The van der Waals surface area contributed by atoms with Gasteiger partial charge in [-0.3, -0.25) is 14.4 Å². The van der Waals surface area contributed by atoms with Gasteiger partial charge in [0.05, 0.1) is 6.54 Å². The SMILES string of the molecule is O=C(CNC(=O)c1c[nH]c2ccccc2c1=O)NC1CCCNC1. The summed E-state index contributed by atoms with van der Waals surface area (Å²) >= 11 is 0. The maximum Gasteiger partial charge on any atom is 0.257 e. The Morgan fingerprint density at radius 1 is 1.25 bits per heavy atom. The zero-order chi connectivity index (χ0) is 16.9. The number of carbonyl (C=O) groups is 2. The number of H-pyrrole nitrogens is 1. The molecule has 4 N–H and O–H groups in total. The first-order chi connectivity index (χ1) is 11.6. The van der Waals surface area contributed by atoms with E-state index in [4.69, 9.17) is 0 Å². The van der Waals surface area contributed by atoms with Crippen molar-refractivity contribution in [3.05, 3.63) is 46.2 Å². The molecule has 0 saturated carbocycles. The first-order valence-corrected chi connectivity index (χ1v) is 8.04. The van der Waals surface area contributed by atoms with E-state index in [0.29, 0.717) is 10.9 Å². The van der Waals surface area contributed by atoms with Crippen LogP contribution in [0.3, 0.4) is 0 Å². The van der Waals surface area contributed by atoms with Gasteiger partial charge >= 0.3 is 0 Å². The molecule has 7 nitrogen and oxygen atoms in total. The van der Waals surface area contributed by atoms with E-state index < -0.39 is 5.91 Å². The number of carbonyl (C=O) groups excluding carboxylic acids is 2. The number of rotatable bonds is 4. The van der Waals surface area contributed by atoms with Gasteiger partial charge in [-0.15, -0.1) is 0 Å². The number of piperidine rings is 1. The van der Waals surface area contributed by atoms with E-state index in [2.05, 4.69) is 20.9 Å². The Morgan fingerprint density at radius 3 is 2.88 bits per heavy atom. The normalized spacial score (nSPS) is 17.4. The Labute approximate surface area is 138 Å². The predicted molar refractivity (Wildman–Crippen MR) is 90.9 cm³/mol. The molecule has 1 aromatic carbocycles. The number of para-hydroxylation sites is 1. The number of aromatic nitrogens is 1. The molecule has 1 atom stereocenters. The third-order valence-corrected chi connectivity index (χ3v) is 4.10. The summed E-state index contributed by atoms with van der Waals surface area (Å²) in [5.74, 6) is -0.812. The number of hydrogen-bond acceptors (Lipinski definition) is 4. The van der Waals surface area contributed by atoms with Gasteiger partial charge < -0.3 is 20.9 Å². The van der Waals surface area contributed by atoms with Crippen LogP contribution in [0.4, 0.5) is 0 Å². The first-order valence-electron chi connectivity index (χ1n) is 8.04. The zero-order valence-electron chi connectivity index (χ0n) is 13.2. The smallest absolute Gasteiger partial charge is 0.257 e. The summed E-state index contributed by atoms with van der Waals surface area (Å²) in [5.41, 5.74) is 0.321. The second kappa shape index (κ2) is 7.27. The van der Waals surface area contributed by atoms with Crippen LogP contribution in [0.15, 0.2) is 35.3 Å². The Morgan fingerprint density at radius 2 is 2.08 bits per heavy atom. The van der Waals surface area contributed by atoms with E-state index in [9.17, 15) is 14.4 Å². The molecule has 0 bridgehead atoms. The fourth-order valence-corrected chi connectivity index (χ4v) is 2.85. The highest BCUT2D eigenvalue weighted by molar-refractivity contribution is 5.98. The number of aromatic amines is 1. The van der Waals surface area contributed by atoms with E-state index >= 15 is 0 Å². The van der Waals surface area contributed by atoms with Crippen molar-refractivity contribution >= 4 is 22.7 Å². The van der Waals surface area contributed by atoms with Crippen LogP contribution in [-0.2, 0) is 4.79 Å². The molecule has 1 aliphatic heterocycles. The number of pyridine rings is 1. The van der Waals surface area contributed by atoms with E-state index in [1.807, 2.05) is 6.07 Å². The lowest BCUT2D eigenvalue weighted by molar-refractivity contribution is -0.120. The molecule has 2 heterocycles. The van der Waals surface area contributed by atoms with Gasteiger partial charge in [0.2, 0.25) is 11.3 Å². The molecule has 24 heavy (non-hydrogen) atoms. The monoisotopic (exact) mass is 328 g/mol. The van der Waals surface area contributed by atoms with E-state index in [-0.39, 0.29) is 29.5 Å². The van der Waals surface area contributed by atoms with Gasteiger partial charge in [0.15, 0.2) is 0 Å². The van der Waals surface area contributed by atoms with Gasteiger partial charge in [0, 0.05) is 29.7 Å². The van der Waals surface area contributed by atoms with Crippen molar-refractivity contribution < 1.29 is 9.59 Å². The molecular weight excluding hydrogens is 308 g/mol. The average molecular weight is 328 g/mol. The standard InChI is InChI=1S/C17H20N4O3/c22-15(21-11-4-3-7-18-8-11)10-20-17(24)13-9-19-14-6-2-1-5-12(14)16(13)23/h1-2,5-6,9,11,18H,3-4,7-8,10H2,(H,19,23)(H,20,24)(H,21,22). The van der Waals surface area contributed by atoms with E-state index in [1.54, 1.807) is 18.2 Å². The van der Waals surface area contributed by atoms with Gasteiger partial charge in [0.25, 0.3) is 5.91 Å². The molecule has 1 fully saturated rings. The molecule has 7 heteroatoms. The minimum absolute atomic E-state index is 0.000771. The Hall–Kier alpha value is -2.67. The molecule has 0 radical (unpaired) electrons. The van der Waals surface area contributed by atoms with Crippen LogP contribution in [-0.4, -0.2) is 42.5 Å². The minimum Gasteiger partial charge on any atom is -0.360 e. The molecule has 1 saturated heterocycles. The molecule has 0 spiro atoms. The van der Waals surface area contributed by atoms with Crippen molar-refractivity contribution in [2.75, 3.05) is 19.6 Å². The van der Waals surface area contributed by atoms with Crippen molar-refractivity contribution in [3.8, 4) is 0 Å². The van der Waals surface area contributed by atoms with Gasteiger partial charge in [0.1, 0.15) is 5.56 Å². The largest absolute Gasteiger partial charge is 0.360 e. The third kappa shape index (κ3) is 3.62. The van der Waals surface area contributed by atoms with Crippen molar-refractivity contribution in [3.63, 3.8) is 0 Å². The lowest BCUT2D eigenvalue weighted by atomic mass is 10.1. The van der Waals surface area contributed by atoms with Crippen LogP contribution in [0.5, 0.6) is 0 Å². The molecule has 1 aromatic heterocycles. The zero-order valence-corrected chi connectivity index (χ0v) is 13.2. The molecule has 1 unspecified atom stereocenters. The molecule has 3 rings (SSSR count). The number of fused-ring (bicyclic) bond motifs is 1. The van der Waals surface area contributed by atoms with E-state index in [1.165, 1.54) is 6.20 Å². The first kappa shape index (κ1) is 16.2. The van der Waals surface area contributed by atoms with E-state index in [0.717, 1.165) is 25.9 Å². The molecule has 126 valence electrons. The Balaban J connectivity index is 1.61. The van der Waals surface area contributed by atoms with Crippen molar-refractivity contribution in [2.45, 2.75) is 18.9 Å². The van der Waals surface area contributed by atoms with Crippen molar-refractivity contribution in [1.82, 2.24) is 20.9 Å². The fourth-order valence-electron chi connectivity index (χ4n) is 2.85. The summed E-state index contributed by atoms with van der Waals surface area (Å²) in [4.78, 5) is 39.4. The maximum atomic E-state index is 12.3. The second-order valence-electron chi connectivity index (χ2n) is 5.87. The molecule has 1 aliphatic rings. The van der Waals surface area contributed by atoms with Crippen molar-refractivity contribution in [1.29, 1.82) is 0 Å². The van der Waals surface area contributed by atoms with Crippen molar-refractivity contribution in [2.24, 2.45) is 0 Å². The number of nitrogens with one attached hydrogen (secondary N) is 4. The summed E-state index contributed by atoms with van der Waals surface area (Å²) in [5, 5.41) is 9.03. The maximum absolute atomic E-state index is 12.3.